The Morgan fingerprint density at radius 1 is 1.47 bits per heavy atom. The van der Waals surface area contributed by atoms with Crippen LogP contribution in [0, 0.1) is 5.92 Å². The van der Waals surface area contributed by atoms with Gasteiger partial charge in [0.15, 0.2) is 0 Å². The molecule has 19 heavy (non-hydrogen) atoms. The molecule has 1 aromatic rings. The second-order valence-electron chi connectivity index (χ2n) is 5.14. The van der Waals surface area contributed by atoms with Crippen molar-refractivity contribution < 1.29 is 14.7 Å². The van der Waals surface area contributed by atoms with Crippen molar-refractivity contribution in [1.82, 2.24) is 4.90 Å². The minimum atomic E-state index is -0.789. The molecular formula is C14H19NO3S. The van der Waals surface area contributed by atoms with Crippen LogP contribution < -0.4 is 0 Å². The Labute approximate surface area is 117 Å². The van der Waals surface area contributed by atoms with Crippen molar-refractivity contribution in [1.29, 1.82) is 0 Å². The molecule has 1 amide bonds. The summed E-state index contributed by atoms with van der Waals surface area (Å²) in [6.45, 7) is 2.36. The summed E-state index contributed by atoms with van der Waals surface area (Å²) in [5.74, 6) is -1.12. The van der Waals surface area contributed by atoms with Crippen molar-refractivity contribution in [2.24, 2.45) is 5.92 Å². The second-order valence-corrected chi connectivity index (χ2v) is 5.92. The molecule has 1 saturated heterocycles. The molecule has 2 unspecified atom stereocenters. The summed E-state index contributed by atoms with van der Waals surface area (Å²) in [6.07, 6.45) is 2.66. The van der Waals surface area contributed by atoms with Crippen molar-refractivity contribution in [3.05, 3.63) is 22.4 Å². The summed E-state index contributed by atoms with van der Waals surface area (Å²) in [5.41, 5.74) is 1.18. The molecule has 104 valence electrons. The minimum absolute atomic E-state index is 0.0738. The van der Waals surface area contributed by atoms with E-state index in [1.54, 1.807) is 16.2 Å². The SMILES string of the molecule is CC1CCC(C(=O)O)CN1C(=O)CCc1ccsc1. The Kier molecular flexibility index (Phi) is 4.58. The van der Waals surface area contributed by atoms with Gasteiger partial charge in [0, 0.05) is 19.0 Å². The molecule has 1 aromatic heterocycles. The lowest BCUT2D eigenvalue weighted by Gasteiger charge is -2.36. The third kappa shape index (κ3) is 3.56. The zero-order chi connectivity index (χ0) is 13.8. The average molecular weight is 281 g/mol. The van der Waals surface area contributed by atoms with Gasteiger partial charge in [-0.15, -0.1) is 0 Å². The van der Waals surface area contributed by atoms with E-state index in [9.17, 15) is 9.59 Å². The lowest BCUT2D eigenvalue weighted by atomic mass is 9.93. The number of rotatable bonds is 4. The van der Waals surface area contributed by atoms with Gasteiger partial charge in [-0.1, -0.05) is 0 Å². The number of nitrogens with zero attached hydrogens (tertiary/aromatic N) is 1. The van der Waals surface area contributed by atoms with Crippen LogP contribution in [0.25, 0.3) is 0 Å². The Morgan fingerprint density at radius 2 is 2.26 bits per heavy atom. The quantitative estimate of drug-likeness (QED) is 0.922. The van der Waals surface area contributed by atoms with Gasteiger partial charge in [-0.25, -0.2) is 0 Å². The lowest BCUT2D eigenvalue weighted by molar-refractivity contribution is -0.147. The molecule has 1 N–H and O–H groups in total. The Hall–Kier alpha value is -1.36. The second kappa shape index (κ2) is 6.19. The molecular weight excluding hydrogens is 262 g/mol. The van der Waals surface area contributed by atoms with Crippen LogP contribution in [0.5, 0.6) is 0 Å². The first-order valence-electron chi connectivity index (χ1n) is 6.61. The number of thiophene rings is 1. The largest absolute Gasteiger partial charge is 0.481 e. The molecule has 0 aromatic carbocycles. The maximum atomic E-state index is 12.2. The lowest BCUT2D eigenvalue weighted by Crippen LogP contribution is -2.47. The fourth-order valence-corrected chi connectivity index (χ4v) is 3.19. The van der Waals surface area contributed by atoms with Crippen molar-refractivity contribution in [2.45, 2.75) is 38.6 Å². The minimum Gasteiger partial charge on any atom is -0.481 e. The van der Waals surface area contributed by atoms with Crippen LogP contribution in [0.2, 0.25) is 0 Å². The van der Waals surface area contributed by atoms with E-state index in [4.69, 9.17) is 5.11 Å². The molecule has 1 aliphatic heterocycles. The molecule has 2 heterocycles. The third-order valence-corrected chi connectivity index (χ3v) is 4.49. The molecule has 0 spiro atoms. The molecule has 5 heteroatoms. The Morgan fingerprint density at radius 3 is 2.89 bits per heavy atom. The highest BCUT2D eigenvalue weighted by Gasteiger charge is 2.32. The van der Waals surface area contributed by atoms with Crippen molar-refractivity contribution in [3.8, 4) is 0 Å². The first-order chi connectivity index (χ1) is 9.08. The highest BCUT2D eigenvalue weighted by Crippen LogP contribution is 2.23. The fraction of sp³-hybridized carbons (Fsp3) is 0.571. The van der Waals surface area contributed by atoms with Gasteiger partial charge in [-0.3, -0.25) is 9.59 Å². The molecule has 0 radical (unpaired) electrons. The van der Waals surface area contributed by atoms with Gasteiger partial charge in [-0.2, -0.15) is 11.3 Å². The molecule has 1 fully saturated rings. The number of carbonyl (C=O) groups excluding carboxylic acids is 1. The number of amides is 1. The number of carboxylic acids is 1. The number of carboxylic acid groups (broad SMARTS) is 1. The molecule has 0 aliphatic carbocycles. The van der Waals surface area contributed by atoms with Crippen molar-refractivity contribution in [2.75, 3.05) is 6.54 Å². The smallest absolute Gasteiger partial charge is 0.308 e. The summed E-state index contributed by atoms with van der Waals surface area (Å²) in [7, 11) is 0. The highest BCUT2D eigenvalue weighted by molar-refractivity contribution is 7.07. The monoisotopic (exact) mass is 281 g/mol. The zero-order valence-corrected chi connectivity index (χ0v) is 11.9. The predicted octanol–water partition coefficient (Wildman–Crippen LogP) is 2.39. The zero-order valence-electron chi connectivity index (χ0n) is 11.0. The Balaban J connectivity index is 1.91. The summed E-state index contributed by atoms with van der Waals surface area (Å²) < 4.78 is 0. The molecule has 2 atom stereocenters. The van der Waals surface area contributed by atoms with Gasteiger partial charge in [0.1, 0.15) is 0 Å². The molecule has 1 aliphatic rings. The van der Waals surface area contributed by atoms with E-state index in [2.05, 4.69) is 0 Å². The Bertz CT molecular complexity index is 444. The molecule has 2 rings (SSSR count). The van der Waals surface area contributed by atoms with E-state index in [1.807, 2.05) is 23.8 Å². The van der Waals surface area contributed by atoms with Gasteiger partial charge in [0.05, 0.1) is 5.92 Å². The normalized spacial score (nSPS) is 23.3. The van der Waals surface area contributed by atoms with Gasteiger partial charge in [-0.05, 0) is 48.6 Å². The van der Waals surface area contributed by atoms with Gasteiger partial charge < -0.3 is 10.0 Å². The van der Waals surface area contributed by atoms with E-state index in [-0.39, 0.29) is 11.9 Å². The van der Waals surface area contributed by atoms with Crippen LogP contribution in [0.1, 0.15) is 31.7 Å². The number of piperidine rings is 1. The van der Waals surface area contributed by atoms with Gasteiger partial charge in [0.25, 0.3) is 0 Å². The van der Waals surface area contributed by atoms with E-state index in [1.165, 1.54) is 5.56 Å². The first kappa shape index (κ1) is 14.1. The van der Waals surface area contributed by atoms with E-state index < -0.39 is 11.9 Å². The molecule has 0 saturated carbocycles. The van der Waals surface area contributed by atoms with Crippen LogP contribution in [0.15, 0.2) is 16.8 Å². The number of hydrogen-bond donors (Lipinski definition) is 1. The number of aryl methyl sites for hydroxylation is 1. The van der Waals surface area contributed by atoms with Gasteiger partial charge >= 0.3 is 5.97 Å². The van der Waals surface area contributed by atoms with E-state index in [0.717, 1.165) is 12.8 Å². The summed E-state index contributed by atoms with van der Waals surface area (Å²) in [6, 6.07) is 2.18. The maximum Gasteiger partial charge on any atom is 0.308 e. The summed E-state index contributed by atoms with van der Waals surface area (Å²) in [5, 5.41) is 13.1. The first-order valence-corrected chi connectivity index (χ1v) is 7.55. The van der Waals surface area contributed by atoms with E-state index >= 15 is 0 Å². The van der Waals surface area contributed by atoms with Crippen molar-refractivity contribution >= 4 is 23.2 Å². The fourth-order valence-electron chi connectivity index (χ4n) is 2.49. The topological polar surface area (TPSA) is 57.6 Å². The van der Waals surface area contributed by atoms with Crippen LogP contribution in [0.4, 0.5) is 0 Å². The predicted molar refractivity (Wildman–Crippen MR) is 74.2 cm³/mol. The number of hydrogen-bond acceptors (Lipinski definition) is 3. The highest BCUT2D eigenvalue weighted by atomic mass is 32.1. The standard InChI is InChI=1S/C14H19NO3S/c1-10-2-4-12(14(17)18)8-15(10)13(16)5-3-11-6-7-19-9-11/h6-7,9-10,12H,2-5,8H2,1H3,(H,17,18). The number of aliphatic carboxylic acids is 1. The van der Waals surface area contributed by atoms with Gasteiger partial charge in [0.2, 0.25) is 5.91 Å². The van der Waals surface area contributed by atoms with Crippen molar-refractivity contribution in [3.63, 3.8) is 0 Å². The molecule has 0 bridgehead atoms. The van der Waals surface area contributed by atoms with Crippen LogP contribution in [0.3, 0.4) is 0 Å². The van der Waals surface area contributed by atoms with Crippen LogP contribution >= 0.6 is 11.3 Å². The van der Waals surface area contributed by atoms with Crippen LogP contribution in [-0.2, 0) is 16.0 Å². The summed E-state index contributed by atoms with van der Waals surface area (Å²) >= 11 is 1.63. The third-order valence-electron chi connectivity index (χ3n) is 3.76. The number of likely N-dealkylation sites (tertiary alicyclic amines) is 1. The van der Waals surface area contributed by atoms with E-state index in [0.29, 0.717) is 19.4 Å². The molecule has 4 nitrogen and oxygen atoms in total. The summed E-state index contributed by atoms with van der Waals surface area (Å²) in [4.78, 5) is 25.0. The average Bonchev–Trinajstić information content (AvgIpc) is 2.89. The number of carbonyl (C=O) groups is 2. The van der Waals surface area contributed by atoms with Crippen LogP contribution in [-0.4, -0.2) is 34.5 Å². The maximum absolute atomic E-state index is 12.2.